The zero-order valence-electron chi connectivity index (χ0n) is 15.0. The number of allylic oxidation sites excluding steroid dienone is 2. The molecule has 1 heterocycles. The van der Waals surface area contributed by atoms with Crippen LogP contribution >= 0.6 is 15.9 Å². The number of halogens is 1. The lowest BCUT2D eigenvalue weighted by Crippen LogP contribution is -2.40. The lowest BCUT2D eigenvalue weighted by Gasteiger charge is -2.37. The molecule has 2 amide bonds. The quantitative estimate of drug-likeness (QED) is 0.418. The molecule has 7 heteroatoms. The summed E-state index contributed by atoms with van der Waals surface area (Å²) >= 11 is 3.44. The molecule has 0 radical (unpaired) electrons. The van der Waals surface area contributed by atoms with E-state index in [0.29, 0.717) is 33.4 Å². The van der Waals surface area contributed by atoms with Gasteiger partial charge in [0, 0.05) is 0 Å². The number of carbonyl (C=O) groups is 2. The molecule has 6 rings (SSSR count). The molecule has 0 aromatic heterocycles. The van der Waals surface area contributed by atoms with E-state index in [4.69, 9.17) is 9.47 Å². The molecule has 4 aliphatic carbocycles. The number of benzene rings is 1. The topological polar surface area (TPSA) is 68.2 Å². The Balaban J connectivity index is 1.43. The van der Waals surface area contributed by atoms with Crippen LogP contribution in [-0.2, 0) is 9.59 Å². The molecular weight excluding hydrogens is 412 g/mol. The van der Waals surface area contributed by atoms with Gasteiger partial charge >= 0.3 is 0 Å². The summed E-state index contributed by atoms with van der Waals surface area (Å²) in [6.45, 7) is 0. The fraction of sp³-hybridized carbons (Fsp3) is 0.450. The number of nitrogens with zero attached hydrogens (tertiary/aromatic N) is 2. The van der Waals surface area contributed by atoms with E-state index < -0.39 is 0 Å². The smallest absolute Gasteiger partial charge is 0.254 e. The molecule has 2 bridgehead atoms. The third kappa shape index (κ3) is 2.33. The normalized spacial score (nSPS) is 35.6. The van der Waals surface area contributed by atoms with Crippen molar-refractivity contribution in [2.45, 2.75) is 6.42 Å². The standard InChI is InChI=1S/C20H19BrN2O4/c1-26-15-6-9(5-14(21)18(15)27-2)8-22-23-19(24)16-10-3-4-11(13-7-12(10)13)17(16)20(23)25/h3-6,8,10-13,16-17H,7H2,1-2H3/b22-8-/t10-,11+,12-,13-,16+,17+/m1/s1. The number of hydrogen-bond acceptors (Lipinski definition) is 5. The highest BCUT2D eigenvalue weighted by molar-refractivity contribution is 9.10. The third-order valence-corrected chi connectivity index (χ3v) is 7.01. The summed E-state index contributed by atoms with van der Waals surface area (Å²) in [5, 5.41) is 5.33. The van der Waals surface area contributed by atoms with Crippen molar-refractivity contribution >= 4 is 34.0 Å². The van der Waals surface area contributed by atoms with Gasteiger partial charge < -0.3 is 9.47 Å². The molecule has 6 atom stereocenters. The van der Waals surface area contributed by atoms with Gasteiger partial charge in [-0.15, -0.1) is 0 Å². The number of ether oxygens (including phenoxy) is 2. The van der Waals surface area contributed by atoms with Crippen LogP contribution < -0.4 is 9.47 Å². The van der Waals surface area contributed by atoms with Crippen LogP contribution in [0.3, 0.4) is 0 Å². The van der Waals surface area contributed by atoms with E-state index >= 15 is 0 Å². The van der Waals surface area contributed by atoms with Gasteiger partial charge in [-0.2, -0.15) is 10.1 Å². The first kappa shape index (κ1) is 17.0. The van der Waals surface area contributed by atoms with Gasteiger partial charge in [-0.25, -0.2) is 0 Å². The lowest BCUT2D eigenvalue weighted by atomic mass is 9.63. The number of amides is 2. The first-order valence-electron chi connectivity index (χ1n) is 9.06. The van der Waals surface area contributed by atoms with Crippen LogP contribution in [-0.4, -0.2) is 37.3 Å². The van der Waals surface area contributed by atoms with Crippen LogP contribution in [0.15, 0.2) is 33.9 Å². The van der Waals surface area contributed by atoms with E-state index in [0.717, 1.165) is 11.4 Å². The van der Waals surface area contributed by atoms with Gasteiger partial charge in [0.05, 0.1) is 36.7 Å². The zero-order valence-corrected chi connectivity index (χ0v) is 16.5. The summed E-state index contributed by atoms with van der Waals surface area (Å²) in [5.41, 5.74) is 0.707. The second kappa shape index (κ2) is 5.92. The molecule has 5 aliphatic rings. The van der Waals surface area contributed by atoms with Crippen molar-refractivity contribution in [3.8, 4) is 11.5 Å². The molecule has 0 N–H and O–H groups in total. The Kier molecular flexibility index (Phi) is 3.73. The fourth-order valence-electron chi connectivity index (χ4n) is 5.19. The summed E-state index contributed by atoms with van der Waals surface area (Å²) in [5.74, 6) is 1.92. The predicted octanol–water partition coefficient (Wildman–Crippen LogP) is 2.85. The predicted molar refractivity (Wildman–Crippen MR) is 101 cm³/mol. The summed E-state index contributed by atoms with van der Waals surface area (Å²) in [7, 11) is 3.12. The number of imide groups is 1. The molecule has 1 aromatic rings. The highest BCUT2D eigenvalue weighted by atomic mass is 79.9. The van der Waals surface area contributed by atoms with Crippen LogP contribution in [0, 0.1) is 35.5 Å². The Morgan fingerprint density at radius 2 is 1.70 bits per heavy atom. The number of carbonyl (C=O) groups excluding carboxylic acids is 2. The Morgan fingerprint density at radius 3 is 2.26 bits per heavy atom. The highest BCUT2D eigenvalue weighted by Gasteiger charge is 2.67. The van der Waals surface area contributed by atoms with Crippen molar-refractivity contribution < 1.29 is 19.1 Å². The van der Waals surface area contributed by atoms with Crippen molar-refractivity contribution in [3.63, 3.8) is 0 Å². The molecule has 1 aromatic carbocycles. The van der Waals surface area contributed by atoms with Crippen LogP contribution in [0.1, 0.15) is 12.0 Å². The molecule has 1 aliphatic heterocycles. The van der Waals surface area contributed by atoms with Crippen LogP contribution in [0.25, 0.3) is 0 Å². The maximum absolute atomic E-state index is 12.9. The fourth-order valence-corrected chi connectivity index (χ4v) is 5.81. The van der Waals surface area contributed by atoms with E-state index in [2.05, 4.69) is 33.2 Å². The van der Waals surface area contributed by atoms with Crippen LogP contribution in [0.5, 0.6) is 11.5 Å². The number of hydrogen-bond donors (Lipinski definition) is 0. The van der Waals surface area contributed by atoms with Gasteiger partial charge in [-0.05, 0) is 63.7 Å². The van der Waals surface area contributed by atoms with Crippen molar-refractivity contribution in [2.24, 2.45) is 40.6 Å². The van der Waals surface area contributed by atoms with E-state index in [-0.39, 0.29) is 35.5 Å². The van der Waals surface area contributed by atoms with Gasteiger partial charge in [-0.1, -0.05) is 12.2 Å². The van der Waals surface area contributed by atoms with Gasteiger partial charge in [-0.3, -0.25) is 9.59 Å². The molecule has 140 valence electrons. The SMILES string of the molecule is COc1cc(/C=N\N2C(=O)[C@H]3[C@@H]4C=C[C@@H]([C@H]5C[C@H]45)[C@@H]3C2=O)cc(Br)c1OC. The summed E-state index contributed by atoms with van der Waals surface area (Å²) in [4.78, 5) is 25.8. The first-order valence-corrected chi connectivity index (χ1v) is 9.86. The van der Waals surface area contributed by atoms with Crippen LogP contribution in [0.2, 0.25) is 0 Å². The zero-order chi connectivity index (χ0) is 18.9. The van der Waals surface area contributed by atoms with Gasteiger partial charge in [0.15, 0.2) is 11.5 Å². The monoisotopic (exact) mass is 430 g/mol. The maximum atomic E-state index is 12.9. The Morgan fingerprint density at radius 1 is 1.07 bits per heavy atom. The maximum Gasteiger partial charge on any atom is 0.254 e. The third-order valence-electron chi connectivity index (χ3n) is 6.42. The molecule has 27 heavy (non-hydrogen) atoms. The average molecular weight is 431 g/mol. The Bertz CT molecular complexity index is 875. The van der Waals surface area contributed by atoms with Gasteiger partial charge in [0.1, 0.15) is 0 Å². The minimum Gasteiger partial charge on any atom is -0.493 e. The molecule has 3 fully saturated rings. The molecule has 6 nitrogen and oxygen atoms in total. The minimum absolute atomic E-state index is 0.162. The van der Waals surface area contributed by atoms with Gasteiger partial charge in [0.2, 0.25) is 0 Å². The van der Waals surface area contributed by atoms with Gasteiger partial charge in [0.25, 0.3) is 11.8 Å². The Labute approximate surface area is 165 Å². The molecular formula is C20H19BrN2O4. The second-order valence-electron chi connectivity index (χ2n) is 7.63. The molecule has 1 saturated heterocycles. The molecule has 0 spiro atoms. The van der Waals surface area contributed by atoms with Crippen LogP contribution in [0.4, 0.5) is 0 Å². The second-order valence-corrected chi connectivity index (χ2v) is 8.48. The van der Waals surface area contributed by atoms with Crippen molar-refractivity contribution in [1.82, 2.24) is 5.01 Å². The summed E-state index contributed by atoms with van der Waals surface area (Å²) in [6.07, 6.45) is 6.99. The number of methoxy groups -OCH3 is 2. The van der Waals surface area contributed by atoms with Crippen molar-refractivity contribution in [3.05, 3.63) is 34.3 Å². The summed E-state index contributed by atoms with van der Waals surface area (Å²) in [6, 6.07) is 3.56. The van der Waals surface area contributed by atoms with E-state index in [1.54, 1.807) is 20.3 Å². The minimum atomic E-state index is -0.231. The van der Waals surface area contributed by atoms with E-state index in [9.17, 15) is 9.59 Å². The van der Waals surface area contributed by atoms with E-state index in [1.165, 1.54) is 6.21 Å². The largest absolute Gasteiger partial charge is 0.493 e. The number of hydrazone groups is 1. The van der Waals surface area contributed by atoms with Crippen molar-refractivity contribution in [1.29, 1.82) is 0 Å². The molecule has 2 saturated carbocycles. The molecule has 0 unspecified atom stereocenters. The summed E-state index contributed by atoms with van der Waals surface area (Å²) < 4.78 is 11.3. The number of rotatable bonds is 4. The lowest BCUT2D eigenvalue weighted by molar-refractivity contribution is -0.140. The Hall–Kier alpha value is -2.15. The average Bonchev–Trinajstić information content (AvgIpc) is 3.45. The van der Waals surface area contributed by atoms with E-state index in [1.807, 2.05) is 6.07 Å². The first-order chi connectivity index (χ1) is 13.0. The highest BCUT2D eigenvalue weighted by Crippen LogP contribution is 2.65. The van der Waals surface area contributed by atoms with Crippen molar-refractivity contribution in [2.75, 3.05) is 14.2 Å².